The Bertz CT molecular complexity index is 775. The summed E-state index contributed by atoms with van der Waals surface area (Å²) in [6.45, 7) is 0. The molecule has 0 aliphatic carbocycles. The molecule has 0 N–H and O–H groups in total. The van der Waals surface area contributed by atoms with Gasteiger partial charge in [-0.25, -0.2) is 8.78 Å². The van der Waals surface area contributed by atoms with Gasteiger partial charge in [-0.15, -0.1) is 0 Å². The lowest BCUT2D eigenvalue weighted by atomic mass is 10.1. The summed E-state index contributed by atoms with van der Waals surface area (Å²) >= 11 is 0.318. The Hall–Kier alpha value is -2.28. The number of ether oxygens (including phenoxy) is 1. The van der Waals surface area contributed by atoms with Gasteiger partial charge in [0.2, 0.25) is 0 Å². The molecule has 2 aromatic carbocycles. The Morgan fingerprint density at radius 3 is 2.50 bits per heavy atom. The van der Waals surface area contributed by atoms with E-state index in [1.54, 1.807) is 0 Å². The van der Waals surface area contributed by atoms with E-state index in [1.807, 2.05) is 0 Å². The number of carbonyl (C=O) groups is 1. The van der Waals surface area contributed by atoms with E-state index in [0.29, 0.717) is 17.3 Å². The van der Waals surface area contributed by atoms with Crippen LogP contribution in [0.15, 0.2) is 47.4 Å². The lowest BCUT2D eigenvalue weighted by Gasteiger charge is -2.08. The number of methoxy groups -OCH3 is 1. The maximum absolute atomic E-state index is 13.1. The van der Waals surface area contributed by atoms with E-state index in [0.717, 1.165) is 12.1 Å². The molecule has 0 fully saturated rings. The molecule has 126 valence electrons. The standard InChI is InChI=1S/C17H12F4O2S/c1-23-15-9-11(4-7-16(15)24-17(20)21)14(22)6-3-10-2-5-12(18)13(19)8-10/h2-9,17H,1H3. The molecular weight excluding hydrogens is 344 g/mol. The van der Waals surface area contributed by atoms with Gasteiger partial charge in [-0.2, -0.15) is 8.78 Å². The number of halogens is 4. The lowest BCUT2D eigenvalue weighted by molar-refractivity contribution is 0.104. The van der Waals surface area contributed by atoms with Crippen LogP contribution in [0.5, 0.6) is 5.75 Å². The Labute approximate surface area is 140 Å². The van der Waals surface area contributed by atoms with Crippen molar-refractivity contribution in [2.75, 3.05) is 7.11 Å². The minimum absolute atomic E-state index is 0.160. The van der Waals surface area contributed by atoms with E-state index in [1.165, 1.54) is 43.5 Å². The molecule has 24 heavy (non-hydrogen) atoms. The first-order valence-electron chi connectivity index (χ1n) is 6.71. The molecule has 2 aromatic rings. The highest BCUT2D eigenvalue weighted by molar-refractivity contribution is 7.99. The first-order valence-corrected chi connectivity index (χ1v) is 7.59. The summed E-state index contributed by atoms with van der Waals surface area (Å²) in [5.41, 5.74) is 0.545. The monoisotopic (exact) mass is 356 g/mol. The van der Waals surface area contributed by atoms with Crippen LogP contribution in [0.25, 0.3) is 6.08 Å². The van der Waals surface area contributed by atoms with Gasteiger partial charge in [-0.1, -0.05) is 23.9 Å². The summed E-state index contributed by atoms with van der Waals surface area (Å²) in [4.78, 5) is 12.3. The van der Waals surface area contributed by atoms with Crippen molar-refractivity contribution in [3.63, 3.8) is 0 Å². The average molecular weight is 356 g/mol. The van der Waals surface area contributed by atoms with Crippen molar-refractivity contribution in [1.82, 2.24) is 0 Å². The number of hydrogen-bond donors (Lipinski definition) is 0. The fraction of sp³-hybridized carbons (Fsp3) is 0.118. The van der Waals surface area contributed by atoms with Crippen molar-refractivity contribution in [1.29, 1.82) is 0 Å². The topological polar surface area (TPSA) is 26.3 Å². The van der Waals surface area contributed by atoms with Crippen molar-refractivity contribution in [3.05, 3.63) is 65.2 Å². The molecule has 0 aliphatic rings. The quantitative estimate of drug-likeness (QED) is 0.309. The molecule has 0 saturated carbocycles. The van der Waals surface area contributed by atoms with Crippen LogP contribution in [0.4, 0.5) is 17.6 Å². The molecule has 0 aromatic heterocycles. The second kappa shape index (κ2) is 8.01. The molecule has 7 heteroatoms. The molecule has 0 radical (unpaired) electrons. The fourth-order valence-electron chi connectivity index (χ4n) is 1.90. The summed E-state index contributed by atoms with van der Waals surface area (Å²) in [5, 5.41) is 0. The summed E-state index contributed by atoms with van der Waals surface area (Å²) in [6.07, 6.45) is 2.51. The van der Waals surface area contributed by atoms with Crippen molar-refractivity contribution < 1.29 is 27.1 Å². The van der Waals surface area contributed by atoms with Gasteiger partial charge >= 0.3 is 0 Å². The Balaban J connectivity index is 2.19. The molecule has 0 heterocycles. The first-order chi connectivity index (χ1) is 11.4. The van der Waals surface area contributed by atoms with Gasteiger partial charge < -0.3 is 4.74 Å². The number of hydrogen-bond acceptors (Lipinski definition) is 3. The Morgan fingerprint density at radius 1 is 1.12 bits per heavy atom. The van der Waals surface area contributed by atoms with Crippen LogP contribution >= 0.6 is 11.8 Å². The second-order valence-electron chi connectivity index (χ2n) is 4.62. The van der Waals surface area contributed by atoms with E-state index < -0.39 is 23.2 Å². The minimum Gasteiger partial charge on any atom is -0.496 e. The highest BCUT2D eigenvalue weighted by atomic mass is 32.2. The zero-order chi connectivity index (χ0) is 17.7. The molecule has 0 bridgehead atoms. The zero-order valence-corrected chi connectivity index (χ0v) is 13.2. The summed E-state index contributed by atoms with van der Waals surface area (Å²) in [7, 11) is 1.32. The van der Waals surface area contributed by atoms with Gasteiger partial charge in [0.05, 0.1) is 12.0 Å². The smallest absolute Gasteiger partial charge is 0.289 e. The Morgan fingerprint density at radius 2 is 1.88 bits per heavy atom. The third-order valence-corrected chi connectivity index (χ3v) is 3.80. The largest absolute Gasteiger partial charge is 0.496 e. The van der Waals surface area contributed by atoms with E-state index in [-0.39, 0.29) is 16.2 Å². The van der Waals surface area contributed by atoms with Gasteiger partial charge in [0, 0.05) is 5.56 Å². The summed E-state index contributed by atoms with van der Waals surface area (Å²) in [6, 6.07) is 7.36. The molecular formula is C17H12F4O2S. The third-order valence-electron chi connectivity index (χ3n) is 3.04. The molecule has 2 rings (SSSR count). The van der Waals surface area contributed by atoms with Crippen molar-refractivity contribution >= 4 is 23.6 Å². The van der Waals surface area contributed by atoms with Crippen molar-refractivity contribution in [2.45, 2.75) is 10.7 Å². The van der Waals surface area contributed by atoms with E-state index in [4.69, 9.17) is 4.74 Å². The molecule has 0 atom stereocenters. The summed E-state index contributed by atoms with van der Waals surface area (Å²) < 4.78 is 55.8. The lowest BCUT2D eigenvalue weighted by Crippen LogP contribution is -1.97. The Kier molecular flexibility index (Phi) is 6.03. The predicted octanol–water partition coefficient (Wildman–Crippen LogP) is 5.18. The second-order valence-corrected chi connectivity index (χ2v) is 5.65. The molecule has 0 spiro atoms. The minimum atomic E-state index is -2.60. The highest BCUT2D eigenvalue weighted by Crippen LogP contribution is 2.34. The van der Waals surface area contributed by atoms with E-state index >= 15 is 0 Å². The normalized spacial score (nSPS) is 11.2. The number of benzene rings is 2. The van der Waals surface area contributed by atoms with Gasteiger partial charge in [-0.3, -0.25) is 4.79 Å². The van der Waals surface area contributed by atoms with Crippen molar-refractivity contribution in [2.24, 2.45) is 0 Å². The molecule has 0 amide bonds. The van der Waals surface area contributed by atoms with Crippen LogP contribution in [-0.2, 0) is 0 Å². The van der Waals surface area contributed by atoms with Gasteiger partial charge in [0.15, 0.2) is 17.4 Å². The van der Waals surface area contributed by atoms with E-state index in [9.17, 15) is 22.4 Å². The van der Waals surface area contributed by atoms with Crippen LogP contribution in [0.2, 0.25) is 0 Å². The number of allylic oxidation sites excluding steroid dienone is 1. The van der Waals surface area contributed by atoms with Crippen molar-refractivity contribution in [3.8, 4) is 5.75 Å². The number of rotatable bonds is 6. The van der Waals surface area contributed by atoms with Gasteiger partial charge in [-0.05, 0) is 42.0 Å². The molecule has 0 unspecified atom stereocenters. The van der Waals surface area contributed by atoms with Crippen LogP contribution in [0, 0.1) is 11.6 Å². The number of thioether (sulfide) groups is 1. The zero-order valence-electron chi connectivity index (χ0n) is 12.4. The number of ketones is 1. The number of carbonyl (C=O) groups excluding carboxylic acids is 1. The summed E-state index contributed by atoms with van der Waals surface area (Å²) in [5.74, 6) is -4.86. The van der Waals surface area contributed by atoms with Crippen LogP contribution in [-0.4, -0.2) is 18.7 Å². The van der Waals surface area contributed by atoms with Crippen LogP contribution < -0.4 is 4.74 Å². The van der Waals surface area contributed by atoms with E-state index in [2.05, 4.69) is 0 Å². The van der Waals surface area contributed by atoms with Gasteiger partial charge in [0.25, 0.3) is 5.76 Å². The fourth-order valence-corrected chi connectivity index (χ4v) is 2.50. The van der Waals surface area contributed by atoms with Crippen LogP contribution in [0.1, 0.15) is 15.9 Å². The molecule has 2 nitrogen and oxygen atoms in total. The highest BCUT2D eigenvalue weighted by Gasteiger charge is 2.13. The molecule has 0 saturated heterocycles. The maximum atomic E-state index is 13.1. The number of alkyl halides is 2. The van der Waals surface area contributed by atoms with Crippen LogP contribution in [0.3, 0.4) is 0 Å². The first kappa shape index (κ1) is 18.1. The molecule has 0 aliphatic heterocycles. The van der Waals surface area contributed by atoms with Gasteiger partial charge in [0.1, 0.15) is 5.75 Å². The average Bonchev–Trinajstić information content (AvgIpc) is 2.55. The third kappa shape index (κ3) is 4.61. The SMILES string of the molecule is COc1cc(C(=O)C=Cc2ccc(F)c(F)c2)ccc1SC(F)F. The predicted molar refractivity (Wildman–Crippen MR) is 84.6 cm³/mol. The maximum Gasteiger partial charge on any atom is 0.289 e.